The summed E-state index contributed by atoms with van der Waals surface area (Å²) >= 11 is 0. The van der Waals surface area contributed by atoms with Crippen LogP contribution in [0.2, 0.25) is 0 Å². The van der Waals surface area contributed by atoms with Crippen LogP contribution >= 0.6 is 0 Å². The lowest BCUT2D eigenvalue weighted by molar-refractivity contribution is -0.118. The second-order valence-corrected chi connectivity index (χ2v) is 7.14. The van der Waals surface area contributed by atoms with Crippen LogP contribution in [-0.4, -0.2) is 23.4 Å². The molecule has 0 unspecified atom stereocenters. The van der Waals surface area contributed by atoms with E-state index in [4.69, 9.17) is 23.3 Å². The van der Waals surface area contributed by atoms with Crippen molar-refractivity contribution < 1.29 is 22.3 Å². The topological polar surface area (TPSA) is 188 Å². The van der Waals surface area contributed by atoms with Gasteiger partial charge in [0.05, 0.1) is 0 Å². The highest BCUT2D eigenvalue weighted by molar-refractivity contribution is 7.79. The first-order chi connectivity index (χ1) is 11.8. The molecule has 0 aromatic heterocycles. The van der Waals surface area contributed by atoms with Crippen molar-refractivity contribution in [3.8, 4) is 0 Å². The Bertz CT molecular complexity index is 421. The van der Waals surface area contributed by atoms with Crippen molar-refractivity contribution in [2.45, 2.75) is 96.8 Å². The lowest BCUT2D eigenvalue weighted by Crippen LogP contribution is -2.09. The fraction of sp³-hybridized carbons (Fsp3) is 0.833. The van der Waals surface area contributed by atoms with E-state index in [1.807, 2.05) is 0 Å². The maximum Gasteiger partial charge on any atom is 0.394 e. The van der Waals surface area contributed by atoms with Crippen LogP contribution in [-0.2, 0) is 15.2 Å². The zero-order valence-corrected chi connectivity index (χ0v) is 17.9. The number of nitrogens with two attached hydrogens (primary N) is 1. The van der Waals surface area contributed by atoms with E-state index in [1.54, 1.807) is 0 Å². The molecule has 0 radical (unpaired) electrons. The molecule has 0 aliphatic carbocycles. The van der Waals surface area contributed by atoms with Gasteiger partial charge in [0.25, 0.3) is 0 Å². The van der Waals surface area contributed by atoms with Crippen molar-refractivity contribution in [1.29, 1.82) is 0 Å². The van der Waals surface area contributed by atoms with Gasteiger partial charge < -0.3 is 18.0 Å². The minimum atomic E-state index is -4.67. The second-order valence-electron chi connectivity index (χ2n) is 6.25. The Morgan fingerprint density at radius 2 is 1.11 bits per heavy atom. The van der Waals surface area contributed by atoms with Crippen LogP contribution < -0.4 is 18.0 Å². The molecule has 1 amide bonds. The average molecular weight is 414 g/mol. The van der Waals surface area contributed by atoms with E-state index in [1.165, 1.54) is 70.6 Å². The van der Waals surface area contributed by atoms with Gasteiger partial charge in [0, 0.05) is 6.42 Å². The average Bonchev–Trinajstić information content (AvgIpc) is 2.49. The zero-order chi connectivity index (χ0) is 19.4. The van der Waals surface area contributed by atoms with Crippen LogP contribution in [0.1, 0.15) is 96.8 Å². The molecule has 0 heterocycles. The summed E-state index contributed by atoms with van der Waals surface area (Å²) < 4.78 is 31.6. The van der Waals surface area contributed by atoms with Gasteiger partial charge in [0.1, 0.15) is 0 Å². The highest BCUT2D eigenvalue weighted by Gasteiger charge is 1.94. The molecule has 0 aliphatic rings. The number of primary amides is 1. The lowest BCUT2D eigenvalue weighted by atomic mass is 10.1. The molecule has 8 nitrogen and oxygen atoms in total. The minimum absolute atomic E-state index is 0. The predicted octanol–water partition coefficient (Wildman–Crippen LogP) is 5.18. The first-order valence-electron chi connectivity index (χ1n) is 9.40. The van der Waals surface area contributed by atoms with Crippen LogP contribution in [0.4, 0.5) is 0 Å². The van der Waals surface area contributed by atoms with Crippen LogP contribution in [0.25, 0.3) is 0 Å². The van der Waals surface area contributed by atoms with E-state index in [-0.39, 0.29) is 18.2 Å². The standard InChI is InChI=1S/C18H35NO.2H3N.H2O4S/c1-2-3-4-5-6-7-8-9-10-11-12-13-14-15-16-17-18(19)20;;;1-5(2,3)4/h9-10H,2-8,11-17H2,1H3,(H2,19,20);2*1H3;(H2,1,2,3,4)/b10-9-;;;. The molecule has 0 rings (SSSR count). The SMILES string of the molecule is CCCCCCCC/C=C\CCCCCCCC(N)=O.N.N.O=S(=O)(O)O. The number of unbranched alkanes of at least 4 members (excludes halogenated alkanes) is 11. The summed E-state index contributed by atoms with van der Waals surface area (Å²) in [7, 11) is -4.67. The molecule has 0 bridgehead atoms. The third-order valence-electron chi connectivity index (χ3n) is 3.68. The van der Waals surface area contributed by atoms with E-state index >= 15 is 0 Å². The van der Waals surface area contributed by atoms with Crippen LogP contribution in [0.15, 0.2) is 12.2 Å². The number of rotatable bonds is 15. The largest absolute Gasteiger partial charge is 0.394 e. The molecule has 0 saturated heterocycles. The Morgan fingerprint density at radius 3 is 1.48 bits per heavy atom. The maximum atomic E-state index is 10.5. The van der Waals surface area contributed by atoms with Gasteiger partial charge in [-0.3, -0.25) is 13.9 Å². The van der Waals surface area contributed by atoms with Crippen LogP contribution in [0, 0.1) is 0 Å². The summed E-state index contributed by atoms with van der Waals surface area (Å²) in [5, 5.41) is 0. The highest BCUT2D eigenvalue weighted by Crippen LogP contribution is 2.09. The van der Waals surface area contributed by atoms with Gasteiger partial charge in [-0.1, -0.05) is 70.4 Å². The Balaban J connectivity index is -0.000000333. The summed E-state index contributed by atoms with van der Waals surface area (Å²) in [6.45, 7) is 2.26. The Labute approximate surface area is 166 Å². The Kier molecular flexibility index (Phi) is 31.1. The molecule has 0 fully saturated rings. The van der Waals surface area contributed by atoms with E-state index in [0.29, 0.717) is 6.42 Å². The monoisotopic (exact) mass is 413 g/mol. The fourth-order valence-electron chi connectivity index (χ4n) is 2.37. The van der Waals surface area contributed by atoms with E-state index in [2.05, 4.69) is 19.1 Å². The number of carbonyl (C=O) groups excluding carboxylic acids is 1. The van der Waals surface area contributed by atoms with E-state index in [0.717, 1.165) is 12.8 Å². The first-order valence-corrected chi connectivity index (χ1v) is 10.8. The molecular formula is C18H43N3O5S. The van der Waals surface area contributed by atoms with Crippen molar-refractivity contribution in [2.75, 3.05) is 0 Å². The van der Waals surface area contributed by atoms with Crippen molar-refractivity contribution in [2.24, 2.45) is 5.73 Å². The lowest BCUT2D eigenvalue weighted by Gasteiger charge is -1.99. The molecule has 0 aliphatic heterocycles. The summed E-state index contributed by atoms with van der Waals surface area (Å²) in [6.07, 6.45) is 21.9. The molecule has 27 heavy (non-hydrogen) atoms. The quantitative estimate of drug-likeness (QED) is 0.139. The zero-order valence-electron chi connectivity index (χ0n) is 17.1. The third kappa shape index (κ3) is 51.7. The normalized spacial score (nSPS) is 10.5. The molecule has 0 atom stereocenters. The molecule has 9 heteroatoms. The maximum absolute atomic E-state index is 10.5. The molecule has 0 saturated carbocycles. The molecule has 0 aromatic carbocycles. The predicted molar refractivity (Wildman–Crippen MR) is 113 cm³/mol. The van der Waals surface area contributed by atoms with Gasteiger partial charge in [-0.2, -0.15) is 8.42 Å². The number of allylic oxidation sites excluding steroid dienone is 2. The van der Waals surface area contributed by atoms with Crippen molar-refractivity contribution in [3.63, 3.8) is 0 Å². The number of hydrogen-bond donors (Lipinski definition) is 5. The number of carbonyl (C=O) groups is 1. The third-order valence-corrected chi connectivity index (χ3v) is 3.68. The highest BCUT2D eigenvalue weighted by atomic mass is 32.3. The van der Waals surface area contributed by atoms with E-state index < -0.39 is 10.4 Å². The molecule has 166 valence electrons. The summed E-state index contributed by atoms with van der Waals surface area (Å²) in [5.41, 5.74) is 5.10. The number of amides is 1. The number of hydrogen-bond acceptors (Lipinski definition) is 5. The summed E-state index contributed by atoms with van der Waals surface area (Å²) in [6, 6.07) is 0. The van der Waals surface area contributed by atoms with E-state index in [9.17, 15) is 4.79 Å². The first kappa shape index (κ1) is 33.6. The van der Waals surface area contributed by atoms with Gasteiger partial charge in [0.2, 0.25) is 5.91 Å². The fourth-order valence-corrected chi connectivity index (χ4v) is 2.37. The van der Waals surface area contributed by atoms with Crippen LogP contribution in [0.5, 0.6) is 0 Å². The van der Waals surface area contributed by atoms with Crippen molar-refractivity contribution in [3.05, 3.63) is 12.2 Å². The summed E-state index contributed by atoms with van der Waals surface area (Å²) in [4.78, 5) is 10.5. The van der Waals surface area contributed by atoms with Gasteiger partial charge in [0.15, 0.2) is 0 Å². The second kappa shape index (κ2) is 25.0. The molecule has 0 aromatic rings. The van der Waals surface area contributed by atoms with Crippen molar-refractivity contribution >= 4 is 16.3 Å². The molecular weight excluding hydrogens is 370 g/mol. The minimum Gasteiger partial charge on any atom is -0.370 e. The molecule has 10 N–H and O–H groups in total. The Hall–Kier alpha value is -1.00. The smallest absolute Gasteiger partial charge is 0.370 e. The van der Waals surface area contributed by atoms with Crippen LogP contribution in [0.3, 0.4) is 0 Å². The summed E-state index contributed by atoms with van der Waals surface area (Å²) in [5.74, 6) is -0.164. The van der Waals surface area contributed by atoms with Gasteiger partial charge in [-0.25, -0.2) is 0 Å². The van der Waals surface area contributed by atoms with Gasteiger partial charge in [-0.15, -0.1) is 0 Å². The molecule has 0 spiro atoms. The van der Waals surface area contributed by atoms with Gasteiger partial charge in [-0.05, 0) is 32.1 Å². The van der Waals surface area contributed by atoms with Crippen molar-refractivity contribution in [1.82, 2.24) is 12.3 Å². The Morgan fingerprint density at radius 1 is 0.778 bits per heavy atom. The van der Waals surface area contributed by atoms with Gasteiger partial charge >= 0.3 is 10.4 Å².